The molecule has 132 valence electrons. The van der Waals surface area contributed by atoms with Crippen LogP contribution in [0.4, 0.5) is 5.69 Å². The second-order valence-electron chi connectivity index (χ2n) is 5.18. The summed E-state index contributed by atoms with van der Waals surface area (Å²) in [4.78, 5) is 7.00. The third-order valence-corrected chi connectivity index (χ3v) is 6.44. The molecule has 3 aromatic rings. The van der Waals surface area contributed by atoms with Gasteiger partial charge < -0.3 is 4.98 Å². The smallest absolute Gasteiger partial charge is 0.264 e. The topological polar surface area (TPSA) is 121 Å². The number of sulfonamides is 2. The Morgan fingerprint density at radius 1 is 1.04 bits per heavy atom. The summed E-state index contributed by atoms with van der Waals surface area (Å²) in [6.45, 7) is 1.95. The van der Waals surface area contributed by atoms with Crippen molar-refractivity contribution in [1.29, 1.82) is 0 Å². The average Bonchev–Trinajstić information content (AvgIpc) is 3.00. The number of pyridine rings is 1. The Balaban J connectivity index is 1.89. The maximum absolute atomic E-state index is 12.6. The van der Waals surface area contributed by atoms with Crippen molar-refractivity contribution >= 4 is 36.8 Å². The number of hydrogen-bond acceptors (Lipinski definition) is 5. The summed E-state index contributed by atoms with van der Waals surface area (Å²) < 4.78 is 53.7. The van der Waals surface area contributed by atoms with Crippen molar-refractivity contribution in [3.8, 4) is 0 Å². The Labute approximate surface area is 145 Å². The number of hydrogen-bond donors (Lipinski definition) is 3. The van der Waals surface area contributed by atoms with E-state index in [0.717, 1.165) is 0 Å². The Morgan fingerprint density at radius 2 is 1.76 bits per heavy atom. The molecule has 0 aliphatic rings. The van der Waals surface area contributed by atoms with Crippen LogP contribution in [0, 0.1) is 0 Å². The quantitative estimate of drug-likeness (QED) is 0.600. The molecule has 0 radical (unpaired) electrons. The van der Waals surface area contributed by atoms with Gasteiger partial charge in [-0.25, -0.2) is 26.5 Å². The molecule has 3 rings (SSSR count). The fraction of sp³-hybridized carbons (Fsp3) is 0.133. The highest BCUT2D eigenvalue weighted by Crippen LogP contribution is 2.24. The van der Waals surface area contributed by atoms with Gasteiger partial charge in [0.25, 0.3) is 10.0 Å². The number of H-pyrrole nitrogens is 1. The zero-order valence-corrected chi connectivity index (χ0v) is 14.9. The fourth-order valence-electron chi connectivity index (χ4n) is 2.34. The molecule has 0 saturated carbocycles. The van der Waals surface area contributed by atoms with Gasteiger partial charge in [0, 0.05) is 30.0 Å². The molecule has 0 atom stereocenters. The van der Waals surface area contributed by atoms with E-state index in [-0.39, 0.29) is 22.0 Å². The van der Waals surface area contributed by atoms with Gasteiger partial charge in [0.15, 0.2) is 0 Å². The molecule has 0 bridgehead atoms. The Morgan fingerprint density at radius 3 is 2.44 bits per heavy atom. The van der Waals surface area contributed by atoms with Crippen LogP contribution < -0.4 is 9.44 Å². The Hall–Kier alpha value is -2.43. The lowest BCUT2D eigenvalue weighted by Gasteiger charge is -2.09. The average molecular weight is 380 g/mol. The van der Waals surface area contributed by atoms with Crippen LogP contribution in [-0.4, -0.2) is 33.3 Å². The minimum Gasteiger partial charge on any atom is -0.345 e. The van der Waals surface area contributed by atoms with Crippen LogP contribution in [0.25, 0.3) is 11.0 Å². The Kier molecular flexibility index (Phi) is 4.50. The molecule has 0 spiro atoms. The van der Waals surface area contributed by atoms with Gasteiger partial charge in [-0.05, 0) is 36.4 Å². The largest absolute Gasteiger partial charge is 0.345 e. The highest BCUT2D eigenvalue weighted by molar-refractivity contribution is 7.93. The second-order valence-corrected chi connectivity index (χ2v) is 8.60. The van der Waals surface area contributed by atoms with Gasteiger partial charge in [-0.2, -0.15) is 0 Å². The summed E-state index contributed by atoms with van der Waals surface area (Å²) >= 11 is 0. The molecule has 0 fully saturated rings. The SMILES string of the molecule is CCNS(=O)(=O)c1ccc(NS(=O)(=O)c2c[nH]c3ncccc23)cc1. The van der Waals surface area contributed by atoms with Crippen LogP contribution in [-0.2, 0) is 20.0 Å². The molecule has 2 heterocycles. The van der Waals surface area contributed by atoms with Crippen LogP contribution in [0.1, 0.15) is 6.92 Å². The number of nitrogens with one attached hydrogen (secondary N) is 3. The third kappa shape index (κ3) is 3.50. The predicted octanol–water partition coefficient (Wildman–Crippen LogP) is 1.66. The fourth-order valence-corrected chi connectivity index (χ4v) is 4.60. The van der Waals surface area contributed by atoms with E-state index in [9.17, 15) is 16.8 Å². The van der Waals surface area contributed by atoms with Crippen LogP contribution in [0.15, 0.2) is 58.6 Å². The van der Waals surface area contributed by atoms with Gasteiger partial charge in [-0.15, -0.1) is 0 Å². The van der Waals surface area contributed by atoms with E-state index in [0.29, 0.717) is 11.0 Å². The van der Waals surface area contributed by atoms with E-state index in [2.05, 4.69) is 19.4 Å². The molecule has 0 aliphatic carbocycles. The van der Waals surface area contributed by atoms with E-state index >= 15 is 0 Å². The Bertz CT molecular complexity index is 1100. The van der Waals surface area contributed by atoms with E-state index in [4.69, 9.17) is 0 Å². The van der Waals surface area contributed by atoms with Gasteiger partial charge in [-0.3, -0.25) is 4.72 Å². The minimum atomic E-state index is -3.84. The number of aromatic nitrogens is 2. The molecule has 1 aromatic carbocycles. The van der Waals surface area contributed by atoms with Crippen molar-refractivity contribution in [2.75, 3.05) is 11.3 Å². The summed E-state index contributed by atoms with van der Waals surface area (Å²) in [6, 6.07) is 8.78. The first kappa shape index (κ1) is 17.4. The highest BCUT2D eigenvalue weighted by Gasteiger charge is 2.20. The lowest BCUT2D eigenvalue weighted by molar-refractivity contribution is 0.584. The van der Waals surface area contributed by atoms with Gasteiger partial charge in [0.1, 0.15) is 10.5 Å². The first-order valence-corrected chi connectivity index (χ1v) is 10.3. The van der Waals surface area contributed by atoms with Crippen molar-refractivity contribution in [3.63, 3.8) is 0 Å². The first-order chi connectivity index (χ1) is 11.8. The minimum absolute atomic E-state index is 0.0635. The predicted molar refractivity (Wildman–Crippen MR) is 94.2 cm³/mol. The lowest BCUT2D eigenvalue weighted by atomic mass is 10.3. The highest BCUT2D eigenvalue weighted by atomic mass is 32.2. The van der Waals surface area contributed by atoms with Crippen LogP contribution in [0.5, 0.6) is 0 Å². The van der Waals surface area contributed by atoms with Crippen molar-refractivity contribution in [1.82, 2.24) is 14.7 Å². The van der Waals surface area contributed by atoms with Crippen LogP contribution >= 0.6 is 0 Å². The number of nitrogens with zero attached hydrogens (tertiary/aromatic N) is 1. The molecular formula is C15H16N4O4S2. The molecule has 10 heteroatoms. The van der Waals surface area contributed by atoms with E-state index < -0.39 is 20.0 Å². The number of rotatable bonds is 6. The summed E-state index contributed by atoms with van der Waals surface area (Å²) in [5, 5.41) is 0.473. The number of fused-ring (bicyclic) bond motifs is 1. The number of anilines is 1. The summed E-state index contributed by atoms with van der Waals surface area (Å²) in [7, 11) is -7.42. The third-order valence-electron chi connectivity index (χ3n) is 3.45. The molecular weight excluding hydrogens is 364 g/mol. The number of aromatic amines is 1. The molecule has 8 nitrogen and oxygen atoms in total. The van der Waals surface area contributed by atoms with Crippen molar-refractivity contribution in [2.24, 2.45) is 0 Å². The first-order valence-electron chi connectivity index (χ1n) is 7.38. The maximum atomic E-state index is 12.6. The molecule has 25 heavy (non-hydrogen) atoms. The summed E-state index contributed by atoms with van der Waals surface area (Å²) in [5.41, 5.74) is 0.726. The zero-order chi connectivity index (χ0) is 18.1. The van der Waals surface area contributed by atoms with Gasteiger partial charge in [0.05, 0.1) is 4.90 Å². The maximum Gasteiger partial charge on any atom is 0.264 e. The van der Waals surface area contributed by atoms with E-state index in [1.54, 1.807) is 25.3 Å². The number of benzene rings is 1. The van der Waals surface area contributed by atoms with Crippen molar-refractivity contribution in [3.05, 3.63) is 48.8 Å². The molecule has 3 N–H and O–H groups in total. The lowest BCUT2D eigenvalue weighted by Crippen LogP contribution is -2.23. The molecule has 0 aliphatic heterocycles. The molecule has 2 aromatic heterocycles. The molecule has 0 unspecified atom stereocenters. The van der Waals surface area contributed by atoms with Crippen LogP contribution in [0.3, 0.4) is 0 Å². The summed E-state index contributed by atoms with van der Waals surface area (Å²) in [6.07, 6.45) is 2.93. The molecule has 0 saturated heterocycles. The van der Waals surface area contributed by atoms with E-state index in [1.165, 1.54) is 30.5 Å². The van der Waals surface area contributed by atoms with Gasteiger partial charge in [-0.1, -0.05) is 6.92 Å². The normalized spacial score (nSPS) is 12.4. The summed E-state index contributed by atoms with van der Waals surface area (Å²) in [5.74, 6) is 0. The monoisotopic (exact) mass is 380 g/mol. The zero-order valence-electron chi connectivity index (χ0n) is 13.2. The van der Waals surface area contributed by atoms with Gasteiger partial charge >= 0.3 is 0 Å². The van der Waals surface area contributed by atoms with Crippen molar-refractivity contribution < 1.29 is 16.8 Å². The second kappa shape index (κ2) is 6.47. The van der Waals surface area contributed by atoms with Crippen molar-refractivity contribution in [2.45, 2.75) is 16.7 Å². The van der Waals surface area contributed by atoms with E-state index in [1.807, 2.05) is 0 Å². The van der Waals surface area contributed by atoms with Gasteiger partial charge in [0.2, 0.25) is 10.0 Å². The van der Waals surface area contributed by atoms with Crippen LogP contribution in [0.2, 0.25) is 0 Å². The standard InChI is InChI=1S/C15H16N4O4S2/c1-2-18-24(20,21)12-7-5-11(6-8-12)19-25(22,23)14-10-17-15-13(14)4-3-9-16-15/h3-10,18-19H,2H2,1H3,(H,16,17). The molecule has 0 amide bonds.